The van der Waals surface area contributed by atoms with E-state index in [4.69, 9.17) is 0 Å². The maximum absolute atomic E-state index is 11.7. The smallest absolute Gasteiger partial charge is 0.154 e. The highest BCUT2D eigenvalue weighted by molar-refractivity contribution is 5.77. The number of carbonyl (C=O) groups excluding carboxylic acids is 1. The van der Waals surface area contributed by atoms with Gasteiger partial charge in [-0.05, 0) is 6.42 Å². The molecule has 0 aromatic carbocycles. The van der Waals surface area contributed by atoms with E-state index in [-0.39, 0.29) is 5.78 Å². The summed E-state index contributed by atoms with van der Waals surface area (Å²) in [5.41, 5.74) is 0. The number of nitrogens with zero attached hydrogens (tertiary/aromatic N) is 3. The molecule has 0 unspecified atom stereocenters. The van der Waals surface area contributed by atoms with Crippen LogP contribution in [0.5, 0.6) is 0 Å². The van der Waals surface area contributed by atoms with Gasteiger partial charge in [-0.3, -0.25) is 4.79 Å². The van der Waals surface area contributed by atoms with Crippen LogP contribution in [0.3, 0.4) is 0 Å². The van der Waals surface area contributed by atoms with Crippen LogP contribution in [0.2, 0.25) is 0 Å². The first-order valence-electron chi connectivity index (χ1n) is 9.17. The minimum Gasteiger partial charge on any atom is -0.298 e. The van der Waals surface area contributed by atoms with Crippen molar-refractivity contribution in [1.82, 2.24) is 14.8 Å². The van der Waals surface area contributed by atoms with Gasteiger partial charge in [0.15, 0.2) is 5.78 Å². The number of rotatable bonds is 15. The van der Waals surface area contributed by atoms with Crippen LogP contribution >= 0.6 is 0 Å². The van der Waals surface area contributed by atoms with Crippen LogP contribution in [0.25, 0.3) is 0 Å². The van der Waals surface area contributed by atoms with Crippen molar-refractivity contribution >= 4 is 5.78 Å². The van der Waals surface area contributed by atoms with Gasteiger partial charge < -0.3 is 0 Å². The molecule has 0 aliphatic heterocycles. The third-order valence-corrected chi connectivity index (χ3v) is 4.11. The lowest BCUT2D eigenvalue weighted by atomic mass is 10.0. The predicted octanol–water partition coefficient (Wildman–Crippen LogP) is 4.94. The van der Waals surface area contributed by atoms with E-state index < -0.39 is 0 Å². The van der Waals surface area contributed by atoms with E-state index in [1.165, 1.54) is 77.0 Å². The minimum atomic E-state index is 0.262. The Balaban J connectivity index is 1.79. The Morgan fingerprint density at radius 3 is 1.91 bits per heavy atom. The third-order valence-electron chi connectivity index (χ3n) is 4.11. The Kier molecular flexibility index (Phi) is 11.5. The average Bonchev–Trinajstić information content (AvgIpc) is 3.01. The van der Waals surface area contributed by atoms with Crippen molar-refractivity contribution in [2.45, 2.75) is 96.9 Å². The molecule has 0 bridgehead atoms. The summed E-state index contributed by atoms with van der Waals surface area (Å²) in [6.45, 7) is 2.64. The van der Waals surface area contributed by atoms with E-state index >= 15 is 0 Å². The van der Waals surface area contributed by atoms with Gasteiger partial charge in [0.25, 0.3) is 0 Å². The van der Waals surface area contributed by atoms with Crippen LogP contribution in [0.15, 0.2) is 12.7 Å². The van der Waals surface area contributed by atoms with Crippen molar-refractivity contribution in [1.29, 1.82) is 0 Å². The highest BCUT2D eigenvalue weighted by Gasteiger charge is 2.03. The molecular weight excluding hydrogens is 274 g/mol. The molecular formula is C18H33N3O. The number of hydrogen-bond acceptors (Lipinski definition) is 3. The van der Waals surface area contributed by atoms with Crippen LogP contribution < -0.4 is 0 Å². The summed E-state index contributed by atoms with van der Waals surface area (Å²) in [6, 6.07) is 0. The van der Waals surface area contributed by atoms with Crippen LogP contribution in [-0.2, 0) is 11.3 Å². The molecule has 1 rings (SSSR count). The number of ketones is 1. The fourth-order valence-corrected chi connectivity index (χ4v) is 2.74. The summed E-state index contributed by atoms with van der Waals surface area (Å²) in [7, 11) is 0. The van der Waals surface area contributed by atoms with E-state index in [1.807, 2.05) is 0 Å². The van der Waals surface area contributed by atoms with Gasteiger partial charge in [0.05, 0.1) is 0 Å². The van der Waals surface area contributed by atoms with Crippen LogP contribution in [0.1, 0.15) is 90.4 Å². The van der Waals surface area contributed by atoms with Gasteiger partial charge in [0.2, 0.25) is 0 Å². The molecule has 0 aliphatic rings. The maximum Gasteiger partial charge on any atom is 0.154 e. The highest BCUT2D eigenvalue weighted by Crippen LogP contribution is 2.12. The SMILES string of the molecule is CCCCCCCCCCCCCCC(=O)Cn1cncn1. The highest BCUT2D eigenvalue weighted by atomic mass is 16.1. The Bertz CT molecular complexity index is 362. The second kappa shape index (κ2) is 13.5. The van der Waals surface area contributed by atoms with Crippen molar-refractivity contribution < 1.29 is 4.79 Å². The van der Waals surface area contributed by atoms with E-state index in [2.05, 4.69) is 17.0 Å². The molecule has 0 radical (unpaired) electrons. The monoisotopic (exact) mass is 307 g/mol. The Labute approximate surface area is 135 Å². The first-order chi connectivity index (χ1) is 10.8. The molecule has 0 amide bonds. The molecule has 0 atom stereocenters. The van der Waals surface area contributed by atoms with Gasteiger partial charge in [-0.25, -0.2) is 9.67 Å². The molecule has 4 heteroatoms. The molecule has 126 valence electrons. The normalized spacial score (nSPS) is 11.0. The number of carbonyl (C=O) groups is 1. The van der Waals surface area contributed by atoms with Crippen molar-refractivity contribution in [3.63, 3.8) is 0 Å². The molecule has 1 aromatic heterocycles. The number of Topliss-reactive ketones (excluding diaryl/α,β-unsaturated/α-hetero) is 1. The lowest BCUT2D eigenvalue weighted by Gasteiger charge is -2.03. The number of unbranched alkanes of at least 4 members (excludes halogenated alkanes) is 11. The zero-order chi connectivity index (χ0) is 15.9. The lowest BCUT2D eigenvalue weighted by molar-refractivity contribution is -0.119. The fourth-order valence-electron chi connectivity index (χ4n) is 2.74. The molecule has 0 fully saturated rings. The van der Waals surface area contributed by atoms with E-state index in [1.54, 1.807) is 11.0 Å². The Morgan fingerprint density at radius 1 is 0.864 bits per heavy atom. The van der Waals surface area contributed by atoms with Crippen LogP contribution in [0, 0.1) is 0 Å². The molecule has 0 saturated heterocycles. The summed E-state index contributed by atoms with van der Waals surface area (Å²) in [5.74, 6) is 0.262. The van der Waals surface area contributed by atoms with Crippen LogP contribution in [-0.4, -0.2) is 20.5 Å². The zero-order valence-electron chi connectivity index (χ0n) is 14.3. The second-order valence-electron chi connectivity index (χ2n) is 6.27. The molecule has 4 nitrogen and oxygen atoms in total. The third kappa shape index (κ3) is 10.5. The molecule has 0 saturated carbocycles. The largest absolute Gasteiger partial charge is 0.298 e. The summed E-state index contributed by atoms with van der Waals surface area (Å²) < 4.78 is 1.60. The standard InChI is InChI=1S/C18H33N3O/c1-2-3-4-5-6-7-8-9-10-11-12-13-14-18(22)15-21-17-19-16-20-21/h16-17H,2-15H2,1H3. The first-order valence-corrected chi connectivity index (χ1v) is 9.17. The van der Waals surface area contributed by atoms with Crippen LogP contribution in [0.4, 0.5) is 0 Å². The first kappa shape index (κ1) is 18.9. The van der Waals surface area contributed by atoms with Crippen molar-refractivity contribution in [2.24, 2.45) is 0 Å². The second-order valence-corrected chi connectivity index (χ2v) is 6.27. The summed E-state index contributed by atoms with van der Waals surface area (Å²) >= 11 is 0. The quantitative estimate of drug-likeness (QED) is 0.431. The number of hydrogen-bond donors (Lipinski definition) is 0. The molecule has 0 N–H and O–H groups in total. The minimum absolute atomic E-state index is 0.262. The van der Waals surface area contributed by atoms with Gasteiger partial charge in [0, 0.05) is 6.42 Å². The Hall–Kier alpha value is -1.19. The number of aromatic nitrogens is 3. The molecule has 1 heterocycles. The molecule has 0 aliphatic carbocycles. The predicted molar refractivity (Wildman–Crippen MR) is 90.7 cm³/mol. The van der Waals surface area contributed by atoms with E-state index in [0.717, 1.165) is 6.42 Å². The molecule has 0 spiro atoms. The van der Waals surface area contributed by atoms with Crippen molar-refractivity contribution in [2.75, 3.05) is 0 Å². The average molecular weight is 307 g/mol. The summed E-state index contributed by atoms with van der Waals surface area (Å²) in [6.07, 6.45) is 19.7. The van der Waals surface area contributed by atoms with Gasteiger partial charge >= 0.3 is 0 Å². The van der Waals surface area contributed by atoms with Gasteiger partial charge in [-0.15, -0.1) is 0 Å². The fraction of sp³-hybridized carbons (Fsp3) is 0.833. The van der Waals surface area contributed by atoms with Gasteiger partial charge in [-0.1, -0.05) is 77.6 Å². The van der Waals surface area contributed by atoms with E-state index in [9.17, 15) is 4.79 Å². The lowest BCUT2D eigenvalue weighted by Crippen LogP contribution is -2.10. The van der Waals surface area contributed by atoms with Gasteiger partial charge in [0.1, 0.15) is 19.2 Å². The molecule has 22 heavy (non-hydrogen) atoms. The maximum atomic E-state index is 11.7. The molecule has 1 aromatic rings. The topological polar surface area (TPSA) is 47.8 Å². The van der Waals surface area contributed by atoms with Crippen molar-refractivity contribution in [3.05, 3.63) is 12.7 Å². The summed E-state index contributed by atoms with van der Waals surface area (Å²) in [4.78, 5) is 15.5. The zero-order valence-corrected chi connectivity index (χ0v) is 14.3. The van der Waals surface area contributed by atoms with Crippen molar-refractivity contribution in [3.8, 4) is 0 Å². The Morgan fingerprint density at radius 2 is 1.41 bits per heavy atom. The summed E-state index contributed by atoms with van der Waals surface area (Å²) in [5, 5.41) is 3.95. The van der Waals surface area contributed by atoms with E-state index in [0.29, 0.717) is 13.0 Å². The van der Waals surface area contributed by atoms with Gasteiger partial charge in [-0.2, -0.15) is 5.10 Å².